The van der Waals surface area contributed by atoms with Crippen molar-refractivity contribution in [2.45, 2.75) is 64.2 Å². The molecule has 28 heavy (non-hydrogen) atoms. The number of rotatable bonds is 16. The van der Waals surface area contributed by atoms with Crippen LogP contribution in [0.15, 0.2) is 12.2 Å². The average molecular weight is 495 g/mol. The van der Waals surface area contributed by atoms with E-state index in [1.165, 1.54) is 24.2 Å². The van der Waals surface area contributed by atoms with Gasteiger partial charge in [0.2, 0.25) is 11.8 Å². The summed E-state index contributed by atoms with van der Waals surface area (Å²) in [6.45, 7) is 15.3. The molecule has 164 valence electrons. The van der Waals surface area contributed by atoms with Crippen molar-refractivity contribution >= 4 is 65.1 Å². The maximum Gasteiger partial charge on any atom is 0.246 e. The molecule has 0 spiro atoms. The molecule has 0 aromatic rings. The molecule has 12 heteroatoms. The Labute approximate surface area is 182 Å². The number of primary amides is 1. The third-order valence-corrected chi connectivity index (χ3v) is 30.4. The number of carbonyl (C=O) groups excluding carboxylic acids is 2. The first-order chi connectivity index (χ1) is 13.0. The van der Waals surface area contributed by atoms with Gasteiger partial charge in [0.25, 0.3) is 0 Å². The zero-order valence-corrected chi connectivity index (χ0v) is 26.5. The van der Waals surface area contributed by atoms with Crippen molar-refractivity contribution in [1.29, 1.82) is 0 Å². The molecule has 2 N–H and O–H groups in total. The second-order valence-electron chi connectivity index (χ2n) is 8.36. The van der Waals surface area contributed by atoms with Gasteiger partial charge in [0.05, 0.1) is 0 Å². The second-order valence-corrected chi connectivity index (χ2v) is 34.5. The van der Waals surface area contributed by atoms with Crippen molar-refractivity contribution in [3.05, 3.63) is 12.2 Å². The van der Waals surface area contributed by atoms with Gasteiger partial charge in [-0.1, -0.05) is 25.2 Å². The summed E-state index contributed by atoms with van der Waals surface area (Å²) in [5, 5.41) is 0. The van der Waals surface area contributed by atoms with Gasteiger partial charge in [-0.15, -0.1) is 0 Å². The lowest BCUT2D eigenvalue weighted by atomic mass is 10.3. The molecule has 2 amide bonds. The minimum Gasteiger partial charge on any atom is -0.463 e. The molecule has 0 aromatic heterocycles. The fourth-order valence-electron chi connectivity index (χ4n) is 3.22. The maximum atomic E-state index is 12.5. The summed E-state index contributed by atoms with van der Waals surface area (Å²) < 4.78 is 12.2. The summed E-state index contributed by atoms with van der Waals surface area (Å²) in [7, 11) is -3.76. The van der Waals surface area contributed by atoms with Gasteiger partial charge in [-0.25, -0.2) is 0 Å². The predicted molar refractivity (Wildman–Crippen MR) is 137 cm³/mol. The highest BCUT2D eigenvalue weighted by Gasteiger charge is 2.22. The summed E-state index contributed by atoms with van der Waals surface area (Å²) in [5.74, 6) is -0.667. The van der Waals surface area contributed by atoms with Crippen molar-refractivity contribution < 1.29 is 17.8 Å². The van der Waals surface area contributed by atoms with Gasteiger partial charge < -0.3 is 18.9 Å². The largest absolute Gasteiger partial charge is 0.463 e. The quantitative estimate of drug-likeness (QED) is 0.178. The molecule has 0 rings (SSSR count). The summed E-state index contributed by atoms with van der Waals surface area (Å²) >= 11 is 0. The first kappa shape index (κ1) is 27.9. The first-order valence-corrected chi connectivity index (χ1v) is 27.0. The van der Waals surface area contributed by atoms with Gasteiger partial charge >= 0.3 is 0 Å². The molecule has 0 radical (unpaired) electrons. The predicted octanol–water partition coefficient (Wildman–Crippen LogP) is -0.488. The van der Waals surface area contributed by atoms with Crippen LogP contribution in [0.2, 0.25) is 51.4 Å². The van der Waals surface area contributed by atoms with E-state index in [9.17, 15) is 9.59 Å². The van der Waals surface area contributed by atoms with Crippen molar-refractivity contribution in [2.75, 3.05) is 13.1 Å². The number of hydrogen-bond donors (Lipinski definition) is 1. The van der Waals surface area contributed by atoms with Gasteiger partial charge in [-0.3, -0.25) is 9.59 Å². The Morgan fingerprint density at radius 3 is 1.68 bits per heavy atom. The molecule has 0 bridgehead atoms. The van der Waals surface area contributed by atoms with Gasteiger partial charge in [-0.2, -0.15) is 0 Å². The number of carbonyl (C=O) groups is 2. The van der Waals surface area contributed by atoms with Crippen LogP contribution in [0.3, 0.4) is 0 Å². The molecule has 0 saturated heterocycles. The van der Waals surface area contributed by atoms with E-state index in [2.05, 4.69) is 39.3 Å². The van der Waals surface area contributed by atoms with Crippen LogP contribution in [0.4, 0.5) is 0 Å². The van der Waals surface area contributed by atoms with Crippen LogP contribution in [0.25, 0.3) is 0 Å². The molecule has 0 atom stereocenters. The minimum absolute atomic E-state index is 0.0930. The number of nitrogens with zero attached hydrogens (tertiary/aromatic N) is 1. The Morgan fingerprint density at radius 2 is 1.32 bits per heavy atom. The number of amides is 2. The summed E-state index contributed by atoms with van der Waals surface area (Å²) in [6, 6.07) is 2.45. The lowest BCUT2D eigenvalue weighted by Crippen LogP contribution is -2.40. The van der Waals surface area contributed by atoms with Crippen LogP contribution in [0.5, 0.6) is 0 Å². The van der Waals surface area contributed by atoms with Crippen LogP contribution >= 0.6 is 0 Å². The molecule has 0 unspecified atom stereocenters. The minimum atomic E-state index is -1.37. The molecule has 0 fully saturated rings. The highest BCUT2D eigenvalue weighted by Crippen LogP contribution is 2.09. The molecule has 0 aliphatic heterocycles. The van der Waals surface area contributed by atoms with Crippen molar-refractivity contribution in [1.82, 2.24) is 4.90 Å². The third-order valence-electron chi connectivity index (χ3n) is 4.69. The molecule has 0 saturated carbocycles. The molecular weight excluding hydrogens is 453 g/mol. The van der Waals surface area contributed by atoms with Crippen molar-refractivity contribution in [3.63, 3.8) is 0 Å². The second kappa shape index (κ2) is 14.8. The molecule has 0 aromatic carbocycles. The molecule has 0 heterocycles. The molecule has 0 aliphatic rings. The van der Waals surface area contributed by atoms with Gasteiger partial charge in [0, 0.05) is 43.3 Å². The Balaban J connectivity index is 4.54. The topological polar surface area (TPSA) is 81.9 Å². The van der Waals surface area contributed by atoms with Crippen LogP contribution < -0.4 is 5.73 Å². The highest BCUT2D eigenvalue weighted by molar-refractivity contribution is 7.21. The fourth-order valence-corrected chi connectivity index (χ4v) is 26.2. The van der Waals surface area contributed by atoms with E-state index in [0.717, 1.165) is 25.9 Å². The van der Waals surface area contributed by atoms with Crippen LogP contribution in [-0.2, 0) is 17.8 Å². The third kappa shape index (κ3) is 14.8. The van der Waals surface area contributed by atoms with E-state index in [4.69, 9.17) is 14.0 Å². The van der Waals surface area contributed by atoms with E-state index >= 15 is 0 Å². The van der Waals surface area contributed by atoms with Crippen LogP contribution in [-0.4, -0.2) is 83.1 Å². The highest BCUT2D eigenvalue weighted by atomic mass is 29.2. The van der Waals surface area contributed by atoms with E-state index in [1.807, 2.05) is 4.90 Å². The molecule has 0 aliphatic carbocycles. The van der Waals surface area contributed by atoms with Crippen molar-refractivity contribution in [2.24, 2.45) is 5.73 Å². The number of nitrogens with two attached hydrogens (primary N) is 1. The molecular formula is C16H42N2O4Si6. The number of hydrogen-bond acceptors (Lipinski definition) is 4. The summed E-state index contributed by atoms with van der Waals surface area (Å²) in [4.78, 5) is 25.3. The van der Waals surface area contributed by atoms with Gasteiger partial charge in [0.1, 0.15) is 19.5 Å². The zero-order chi connectivity index (χ0) is 21.6. The Hall–Kier alpha value is -0.0987. The monoisotopic (exact) mass is 494 g/mol. The first-order valence-electron chi connectivity index (χ1n) is 10.6. The Kier molecular flexibility index (Phi) is 14.8. The van der Waals surface area contributed by atoms with E-state index < -0.39 is 21.6 Å². The summed E-state index contributed by atoms with van der Waals surface area (Å²) in [5.41, 5.74) is 5.14. The standard InChI is InChI=1S/C16H42N2O4Si6/c1-23-21-27(3,4)25-13-7-11-18(16(20)10-9-15(17)19)12-8-14-26-28(5,6)22-24-2/h9-10H,7-8,11-14,23-26H2,1-6H3,(H2,17,19)/b10-9+. The van der Waals surface area contributed by atoms with Crippen LogP contribution in [0, 0.1) is 0 Å². The maximum absolute atomic E-state index is 12.5. The lowest BCUT2D eigenvalue weighted by molar-refractivity contribution is -0.126. The molecule has 6 nitrogen and oxygen atoms in total. The normalized spacial score (nSPS) is 14.2. The zero-order valence-electron chi connectivity index (χ0n) is 18.9. The Morgan fingerprint density at radius 1 is 0.893 bits per heavy atom. The van der Waals surface area contributed by atoms with E-state index in [1.54, 1.807) is 0 Å². The Bertz CT molecular complexity index is 480. The fraction of sp³-hybridized carbons (Fsp3) is 0.750. The van der Waals surface area contributed by atoms with Crippen LogP contribution in [0.1, 0.15) is 12.8 Å². The van der Waals surface area contributed by atoms with E-state index in [0.29, 0.717) is 0 Å². The van der Waals surface area contributed by atoms with Gasteiger partial charge in [-0.05, 0) is 39.0 Å². The van der Waals surface area contributed by atoms with E-state index in [-0.39, 0.29) is 43.5 Å². The van der Waals surface area contributed by atoms with Gasteiger partial charge in [0.15, 0.2) is 15.7 Å². The summed E-state index contributed by atoms with van der Waals surface area (Å²) in [6.07, 6.45) is 4.57. The lowest BCUT2D eigenvalue weighted by Gasteiger charge is -2.25. The SMILES string of the molecule is C[SiH2]O[Si](C)(C)[SiH2]CCCN(CCC[SiH2][Si](C)(C)O[SiH2]C)C(=O)/C=C/C(N)=O. The average Bonchev–Trinajstić information content (AvgIpc) is 2.58. The smallest absolute Gasteiger partial charge is 0.246 e. The van der Waals surface area contributed by atoms with Crippen molar-refractivity contribution in [3.8, 4) is 0 Å².